The van der Waals surface area contributed by atoms with E-state index in [2.05, 4.69) is 80.2 Å². The van der Waals surface area contributed by atoms with Crippen molar-refractivity contribution >= 4 is 22.9 Å². The zero-order valence-corrected chi connectivity index (χ0v) is 20.9. The third-order valence-electron chi connectivity index (χ3n) is 6.14. The molecular formula is C26H33N3O2S. The predicted octanol–water partition coefficient (Wildman–Crippen LogP) is 6.14. The minimum Gasteiger partial charge on any atom is -0.495 e. The van der Waals surface area contributed by atoms with Crippen LogP contribution in [0.15, 0.2) is 35.7 Å². The number of nitrogens with one attached hydrogen (secondary N) is 1. The van der Waals surface area contributed by atoms with Gasteiger partial charge in [-0.25, -0.2) is 0 Å². The van der Waals surface area contributed by atoms with E-state index in [0.29, 0.717) is 0 Å². The molecule has 0 fully saturated rings. The van der Waals surface area contributed by atoms with Gasteiger partial charge in [0.2, 0.25) is 0 Å². The summed E-state index contributed by atoms with van der Waals surface area (Å²) in [7, 11) is 3.61. The van der Waals surface area contributed by atoms with Gasteiger partial charge in [0.1, 0.15) is 11.4 Å². The average Bonchev–Trinajstić information content (AvgIpc) is 3.38. The number of aryl methyl sites for hydroxylation is 1. The summed E-state index contributed by atoms with van der Waals surface area (Å²) >= 11 is 1.71. The quantitative estimate of drug-likeness (QED) is 0.507. The van der Waals surface area contributed by atoms with Crippen LogP contribution in [0.5, 0.6) is 5.75 Å². The van der Waals surface area contributed by atoms with Crippen LogP contribution in [0.3, 0.4) is 0 Å². The average molecular weight is 452 g/mol. The second-order valence-electron chi connectivity index (χ2n) is 9.71. The molecule has 0 aliphatic carbocycles. The van der Waals surface area contributed by atoms with Gasteiger partial charge in [-0.3, -0.25) is 4.79 Å². The number of thiophene rings is 1. The first-order valence-corrected chi connectivity index (χ1v) is 12.0. The molecule has 5 nitrogen and oxygen atoms in total. The zero-order valence-electron chi connectivity index (χ0n) is 20.1. The van der Waals surface area contributed by atoms with E-state index in [-0.39, 0.29) is 17.5 Å². The lowest BCUT2D eigenvalue weighted by molar-refractivity contribution is 0.0644. The van der Waals surface area contributed by atoms with Crippen LogP contribution in [0, 0.1) is 0 Å². The molecule has 3 aromatic rings. The van der Waals surface area contributed by atoms with E-state index in [0.717, 1.165) is 41.4 Å². The van der Waals surface area contributed by atoms with E-state index >= 15 is 0 Å². The maximum atomic E-state index is 13.5. The Morgan fingerprint density at radius 1 is 1.22 bits per heavy atom. The highest BCUT2D eigenvalue weighted by Gasteiger charge is 2.31. The molecule has 0 saturated heterocycles. The predicted molar refractivity (Wildman–Crippen MR) is 134 cm³/mol. The number of benzene rings is 1. The van der Waals surface area contributed by atoms with Crippen LogP contribution in [-0.2, 0) is 13.0 Å². The maximum Gasteiger partial charge on any atom is 0.270 e. The number of methoxy groups -OCH3 is 1. The fourth-order valence-electron chi connectivity index (χ4n) is 4.22. The zero-order chi connectivity index (χ0) is 23.2. The molecule has 1 aliphatic heterocycles. The van der Waals surface area contributed by atoms with Gasteiger partial charge in [0.25, 0.3) is 5.91 Å². The van der Waals surface area contributed by atoms with Gasteiger partial charge in [0, 0.05) is 41.2 Å². The number of fused-ring (bicyclic) bond motifs is 3. The lowest BCUT2D eigenvalue weighted by Crippen LogP contribution is -2.43. The summed E-state index contributed by atoms with van der Waals surface area (Å²) in [5, 5.41) is 5.61. The Hall–Kier alpha value is -2.73. The highest BCUT2D eigenvalue weighted by atomic mass is 32.1. The first-order chi connectivity index (χ1) is 15.1. The highest BCUT2D eigenvalue weighted by Crippen LogP contribution is 2.45. The highest BCUT2D eigenvalue weighted by molar-refractivity contribution is 7.13. The minimum absolute atomic E-state index is 0.0547. The molecule has 0 radical (unpaired) electrons. The molecule has 6 heteroatoms. The third-order valence-corrected chi connectivity index (χ3v) is 7.05. The van der Waals surface area contributed by atoms with Crippen LogP contribution >= 0.6 is 11.3 Å². The number of hydrogen-bond donors (Lipinski definition) is 1. The van der Waals surface area contributed by atoms with Crippen molar-refractivity contribution in [3.63, 3.8) is 0 Å². The van der Waals surface area contributed by atoms with E-state index in [4.69, 9.17) is 4.74 Å². The summed E-state index contributed by atoms with van der Waals surface area (Å²) in [5.74, 6) is 0.915. The number of ether oxygens (including phenoxy) is 1. The van der Waals surface area contributed by atoms with Crippen LogP contribution in [0.2, 0.25) is 0 Å². The van der Waals surface area contributed by atoms with Gasteiger partial charge in [-0.05, 0) is 76.2 Å². The van der Waals surface area contributed by atoms with Crippen molar-refractivity contribution in [3.8, 4) is 27.4 Å². The molecule has 1 amide bonds. The van der Waals surface area contributed by atoms with Gasteiger partial charge in [0.15, 0.2) is 0 Å². The number of hydrogen-bond acceptors (Lipinski definition) is 4. The number of carbonyl (C=O) groups is 1. The van der Waals surface area contributed by atoms with Gasteiger partial charge in [-0.1, -0.05) is 6.07 Å². The van der Waals surface area contributed by atoms with Crippen molar-refractivity contribution in [3.05, 3.63) is 47.0 Å². The molecule has 4 rings (SSSR count). The number of anilines is 1. The summed E-state index contributed by atoms with van der Waals surface area (Å²) in [6.45, 7) is 11.2. The molecule has 0 saturated carbocycles. The lowest BCUT2D eigenvalue weighted by Gasteiger charge is -2.33. The van der Waals surface area contributed by atoms with E-state index in [1.807, 2.05) is 11.9 Å². The van der Waals surface area contributed by atoms with Crippen molar-refractivity contribution in [2.75, 3.05) is 19.5 Å². The first-order valence-electron chi connectivity index (χ1n) is 11.1. The topological polar surface area (TPSA) is 46.5 Å². The molecule has 0 bridgehead atoms. The molecule has 0 atom stereocenters. The van der Waals surface area contributed by atoms with Crippen LogP contribution < -0.4 is 10.1 Å². The van der Waals surface area contributed by atoms with Gasteiger partial charge < -0.3 is 19.5 Å². The summed E-state index contributed by atoms with van der Waals surface area (Å²) < 4.78 is 7.90. The standard InChI is InChI=1S/C26H33N3O2S/c1-16(2)27-20-14-18-17(13-22(20)31-7)10-11-29-21(25(30)28(6)26(3,4)5)15-19(24(18)29)23-9-8-12-32-23/h8-9,12-16,27H,10-11H2,1-7H3. The van der Waals surface area contributed by atoms with Gasteiger partial charge in [-0.2, -0.15) is 0 Å². The second-order valence-corrected chi connectivity index (χ2v) is 10.7. The number of aromatic nitrogens is 1. The minimum atomic E-state index is -0.251. The molecule has 170 valence electrons. The Balaban J connectivity index is 1.94. The molecule has 1 aromatic carbocycles. The Labute approximate surface area is 195 Å². The molecule has 0 unspecified atom stereocenters. The first kappa shape index (κ1) is 22.5. The second kappa shape index (κ2) is 8.32. The largest absolute Gasteiger partial charge is 0.495 e. The van der Waals surface area contributed by atoms with Crippen LogP contribution in [0.4, 0.5) is 5.69 Å². The molecule has 32 heavy (non-hydrogen) atoms. The van der Waals surface area contributed by atoms with E-state index in [9.17, 15) is 4.79 Å². The normalized spacial score (nSPS) is 13.0. The molecule has 0 spiro atoms. The summed E-state index contributed by atoms with van der Waals surface area (Å²) in [5.41, 5.74) is 6.14. The van der Waals surface area contributed by atoms with Crippen molar-refractivity contribution < 1.29 is 9.53 Å². The maximum absolute atomic E-state index is 13.5. The van der Waals surface area contributed by atoms with E-state index in [1.54, 1.807) is 18.4 Å². The monoisotopic (exact) mass is 451 g/mol. The molecule has 3 heterocycles. The van der Waals surface area contributed by atoms with Crippen LogP contribution in [0.25, 0.3) is 21.7 Å². The van der Waals surface area contributed by atoms with E-state index in [1.165, 1.54) is 16.0 Å². The summed E-state index contributed by atoms with van der Waals surface area (Å²) in [4.78, 5) is 16.6. The van der Waals surface area contributed by atoms with Crippen molar-refractivity contribution in [1.82, 2.24) is 9.47 Å². The molecule has 2 aromatic heterocycles. The molecule has 1 aliphatic rings. The number of rotatable bonds is 5. The van der Waals surface area contributed by atoms with E-state index < -0.39 is 0 Å². The van der Waals surface area contributed by atoms with Crippen molar-refractivity contribution in [2.45, 2.75) is 59.2 Å². The van der Waals surface area contributed by atoms with Crippen LogP contribution in [0.1, 0.15) is 50.7 Å². The smallest absolute Gasteiger partial charge is 0.270 e. The summed E-state index contributed by atoms with van der Waals surface area (Å²) in [6, 6.07) is 10.9. The number of carbonyl (C=O) groups excluding carboxylic acids is 1. The SMILES string of the molecule is COc1cc2c(cc1NC(C)C)-c1c(-c3cccs3)cc(C(=O)N(C)C(C)(C)C)n1CC2. The lowest BCUT2D eigenvalue weighted by atomic mass is 9.94. The van der Waals surface area contributed by atoms with Gasteiger partial charge >= 0.3 is 0 Å². The number of amides is 1. The Morgan fingerprint density at radius 2 is 1.97 bits per heavy atom. The number of nitrogens with zero attached hydrogens (tertiary/aromatic N) is 2. The Morgan fingerprint density at radius 3 is 2.56 bits per heavy atom. The molecular weight excluding hydrogens is 418 g/mol. The summed E-state index contributed by atoms with van der Waals surface area (Å²) in [6.07, 6.45) is 0.860. The van der Waals surface area contributed by atoms with Gasteiger partial charge in [-0.15, -0.1) is 11.3 Å². The fraction of sp³-hybridized carbons (Fsp3) is 0.423. The van der Waals surface area contributed by atoms with Crippen molar-refractivity contribution in [1.29, 1.82) is 0 Å². The molecule has 1 N–H and O–H groups in total. The Bertz CT molecular complexity index is 1140. The van der Waals surface area contributed by atoms with Gasteiger partial charge in [0.05, 0.1) is 18.5 Å². The third kappa shape index (κ3) is 3.92. The Kier molecular flexibility index (Phi) is 5.84. The van der Waals surface area contributed by atoms with Crippen LogP contribution in [-0.4, -0.2) is 41.1 Å². The van der Waals surface area contributed by atoms with Crippen molar-refractivity contribution in [2.24, 2.45) is 0 Å². The fourth-order valence-corrected chi connectivity index (χ4v) is 4.96.